The van der Waals surface area contributed by atoms with Crippen LogP contribution in [0.1, 0.15) is 6.92 Å². The van der Waals surface area contributed by atoms with Gasteiger partial charge in [0, 0.05) is 0 Å². The molecule has 0 saturated carbocycles. The number of alkyl halides is 2. The second-order valence-corrected chi connectivity index (χ2v) is 2.05. The molecule has 0 aliphatic rings. The third kappa shape index (κ3) is 124. The van der Waals surface area contributed by atoms with E-state index in [-0.39, 0.29) is 76.2 Å². The van der Waals surface area contributed by atoms with Crippen molar-refractivity contribution in [1.29, 1.82) is 0 Å². The molecule has 0 nitrogen and oxygen atoms in total. The summed E-state index contributed by atoms with van der Waals surface area (Å²) in [5, 5.41) is 0. The topological polar surface area (TPSA) is 0 Å². The van der Waals surface area contributed by atoms with Crippen LogP contribution in [0.3, 0.4) is 0 Å². The summed E-state index contributed by atoms with van der Waals surface area (Å²) in [5.41, 5.74) is 0. The average Bonchev–Trinajstić information content (AvgIpc) is 0.811. The van der Waals surface area contributed by atoms with Crippen LogP contribution >= 0.6 is 23.2 Å². The molecule has 0 aliphatic heterocycles. The second-order valence-electron chi connectivity index (χ2n) is 0.519. The van der Waals surface area contributed by atoms with E-state index < -0.39 is 0 Å². The van der Waals surface area contributed by atoms with Crippen LogP contribution in [0.15, 0.2) is 0 Å². The molecule has 58 valence electrons. The van der Waals surface area contributed by atoms with Gasteiger partial charge < -0.3 is 49.6 Å². The van der Waals surface area contributed by atoms with Crippen LogP contribution in [0.25, 0.3) is 0 Å². The quantitative estimate of drug-likeness (QED) is 0.307. The van der Waals surface area contributed by atoms with Gasteiger partial charge in [-0.1, -0.05) is 0 Å². The Morgan fingerprint density at radius 3 is 0.889 bits per heavy atom. The Bertz CT molecular complexity index is 15.8. The Morgan fingerprint density at radius 1 is 0.889 bits per heavy atom. The van der Waals surface area contributed by atoms with E-state index in [1.807, 2.05) is 0 Å². The largest absolute Gasteiger partial charge is 4.00 e. The van der Waals surface area contributed by atoms with E-state index in [1.165, 1.54) is 0 Å². The Morgan fingerprint density at radius 2 is 0.889 bits per heavy atom. The fourth-order valence-electron chi connectivity index (χ4n) is 0. The number of rotatable bonds is 0. The predicted octanol–water partition coefficient (Wildman–Crippen LogP) is -10.2. The van der Waals surface area contributed by atoms with Gasteiger partial charge in [0.05, 0.1) is 0 Å². The smallest absolute Gasteiger partial charge is 1.00 e. The van der Waals surface area contributed by atoms with Gasteiger partial charge in [0.1, 0.15) is 4.84 Å². The van der Waals surface area contributed by atoms with Crippen molar-refractivity contribution in [2.75, 3.05) is 0 Å². The summed E-state index contributed by atoms with van der Waals surface area (Å²) >= 11 is 10.1. The first-order valence-corrected chi connectivity index (χ1v) is 1.89. The third-order valence-corrected chi connectivity index (χ3v) is 0. The predicted molar refractivity (Wildman–Crippen MR) is 21.2 cm³/mol. The average molecular weight is 289 g/mol. The van der Waals surface area contributed by atoms with Gasteiger partial charge in [-0.15, -0.1) is 23.2 Å². The van der Waals surface area contributed by atoms with E-state index in [2.05, 4.69) is 0 Å². The van der Waals surface area contributed by atoms with Crippen LogP contribution in [0.4, 0.5) is 0 Å². The summed E-state index contributed by atoms with van der Waals surface area (Å²) in [4.78, 5) is -0.222. The molecule has 0 aromatic carbocycles. The molecular formula is C2H4Cl6Ti. The van der Waals surface area contributed by atoms with Crippen molar-refractivity contribution in [2.45, 2.75) is 11.8 Å². The van der Waals surface area contributed by atoms with Gasteiger partial charge >= 0.3 is 21.7 Å². The molecule has 0 amide bonds. The standard InChI is InChI=1S/C2H4Cl2.4ClH.Ti/c1-2(3)4;;;;;/h2H,1H3;4*1H;/q;;;;;+4/p-4. The molecule has 0 saturated heterocycles. The van der Waals surface area contributed by atoms with Crippen LogP contribution < -0.4 is 49.6 Å². The first-order chi connectivity index (χ1) is 1.73. The van der Waals surface area contributed by atoms with Gasteiger partial charge in [0.25, 0.3) is 0 Å². The van der Waals surface area contributed by atoms with Gasteiger partial charge in [-0.25, -0.2) is 0 Å². The van der Waals surface area contributed by atoms with Crippen LogP contribution in [-0.2, 0) is 21.7 Å². The molecule has 0 fully saturated rings. The van der Waals surface area contributed by atoms with E-state index in [0.29, 0.717) is 0 Å². The maximum atomic E-state index is 5.04. The Hall–Kier alpha value is 2.45. The van der Waals surface area contributed by atoms with E-state index in [9.17, 15) is 0 Å². The van der Waals surface area contributed by atoms with Gasteiger partial charge in [0.2, 0.25) is 0 Å². The molecule has 0 atom stereocenters. The first kappa shape index (κ1) is 42.1. The SMILES string of the molecule is CC(Cl)Cl.[Cl-].[Cl-].[Cl-].[Cl-].[Ti+4]. The maximum absolute atomic E-state index is 5.04. The van der Waals surface area contributed by atoms with Crippen LogP contribution in [0.5, 0.6) is 0 Å². The molecule has 0 spiro atoms. The molecule has 0 rings (SSSR count). The van der Waals surface area contributed by atoms with E-state index in [4.69, 9.17) is 23.2 Å². The molecule has 9 heavy (non-hydrogen) atoms. The van der Waals surface area contributed by atoms with Crippen molar-refractivity contribution in [2.24, 2.45) is 0 Å². The van der Waals surface area contributed by atoms with Gasteiger partial charge in [-0.05, 0) is 6.92 Å². The molecule has 0 bridgehead atoms. The molecular weight excluding hydrogens is 285 g/mol. The Balaban J connectivity index is -0.00000000450. The van der Waals surface area contributed by atoms with Crippen molar-refractivity contribution < 1.29 is 71.3 Å². The molecule has 0 heterocycles. The molecule has 7 heteroatoms. The summed E-state index contributed by atoms with van der Waals surface area (Å²) in [7, 11) is 0. The monoisotopic (exact) mass is 286 g/mol. The zero-order chi connectivity index (χ0) is 3.58. The molecule has 0 radical (unpaired) electrons. The minimum Gasteiger partial charge on any atom is -1.00 e. The van der Waals surface area contributed by atoms with Crippen molar-refractivity contribution >= 4 is 23.2 Å². The Labute approximate surface area is 105 Å². The fourth-order valence-corrected chi connectivity index (χ4v) is 0. The zero-order valence-electron chi connectivity index (χ0n) is 4.35. The van der Waals surface area contributed by atoms with Crippen molar-refractivity contribution in [3.63, 3.8) is 0 Å². The minimum atomic E-state index is -0.222. The summed E-state index contributed by atoms with van der Waals surface area (Å²) in [6.07, 6.45) is 0. The summed E-state index contributed by atoms with van der Waals surface area (Å²) in [6, 6.07) is 0. The number of hydrogen-bond donors (Lipinski definition) is 0. The van der Waals surface area contributed by atoms with Crippen LogP contribution in [0, 0.1) is 0 Å². The zero-order valence-corrected chi connectivity index (χ0v) is 10.4. The van der Waals surface area contributed by atoms with Gasteiger partial charge in [-0.3, -0.25) is 0 Å². The summed E-state index contributed by atoms with van der Waals surface area (Å²) < 4.78 is 0. The van der Waals surface area contributed by atoms with E-state index in [1.54, 1.807) is 6.92 Å². The molecule has 0 aromatic rings. The van der Waals surface area contributed by atoms with E-state index in [0.717, 1.165) is 0 Å². The van der Waals surface area contributed by atoms with Gasteiger partial charge in [-0.2, -0.15) is 0 Å². The van der Waals surface area contributed by atoms with Crippen molar-refractivity contribution in [3.8, 4) is 0 Å². The second kappa shape index (κ2) is 31.4. The summed E-state index contributed by atoms with van der Waals surface area (Å²) in [5.74, 6) is 0. The summed E-state index contributed by atoms with van der Waals surface area (Å²) in [6.45, 7) is 1.70. The third-order valence-electron chi connectivity index (χ3n) is 0. The molecule has 0 aromatic heterocycles. The van der Waals surface area contributed by atoms with Crippen LogP contribution in [-0.4, -0.2) is 4.84 Å². The van der Waals surface area contributed by atoms with Crippen LogP contribution in [0.2, 0.25) is 0 Å². The Kier molecular flexibility index (Phi) is 147. The normalized spacial score (nSPS) is 4.00. The van der Waals surface area contributed by atoms with E-state index >= 15 is 0 Å². The van der Waals surface area contributed by atoms with Crippen molar-refractivity contribution in [3.05, 3.63) is 0 Å². The number of halogens is 6. The fraction of sp³-hybridized carbons (Fsp3) is 1.00. The molecule has 0 N–H and O–H groups in total. The number of hydrogen-bond acceptors (Lipinski definition) is 0. The van der Waals surface area contributed by atoms with Gasteiger partial charge in [0.15, 0.2) is 0 Å². The molecule has 0 aliphatic carbocycles. The minimum absolute atomic E-state index is 0. The maximum Gasteiger partial charge on any atom is 4.00 e. The first-order valence-electron chi connectivity index (χ1n) is 1.01. The molecule has 0 unspecified atom stereocenters. The van der Waals surface area contributed by atoms with Crippen molar-refractivity contribution in [1.82, 2.24) is 0 Å².